The van der Waals surface area contributed by atoms with Gasteiger partial charge in [-0.25, -0.2) is 0 Å². The second-order valence-corrected chi connectivity index (χ2v) is 6.79. The maximum Gasteiger partial charge on any atom is 0.306 e. The quantitative estimate of drug-likeness (QED) is 0.864. The van der Waals surface area contributed by atoms with E-state index in [2.05, 4.69) is 12.1 Å². The Balaban J connectivity index is 2.54. The predicted octanol–water partition coefficient (Wildman–Crippen LogP) is 2.72. The Morgan fingerprint density at radius 3 is 2.79 bits per heavy atom. The summed E-state index contributed by atoms with van der Waals surface area (Å²) < 4.78 is 4.89. The first-order valence-electron chi connectivity index (χ1n) is 6.49. The number of ether oxygens (including phenoxy) is 1. The molecule has 2 rings (SSSR count). The van der Waals surface area contributed by atoms with Crippen molar-refractivity contribution >= 4 is 17.7 Å². The third kappa shape index (κ3) is 2.51. The van der Waals surface area contributed by atoms with Crippen LogP contribution in [0, 0.1) is 0 Å². The van der Waals surface area contributed by atoms with Crippen LogP contribution in [0.2, 0.25) is 0 Å². The number of benzene rings is 1. The zero-order valence-electron chi connectivity index (χ0n) is 11.7. The molecule has 1 unspecified atom stereocenters. The topological polar surface area (TPSA) is 52.3 Å². The van der Waals surface area contributed by atoms with Crippen molar-refractivity contribution in [1.29, 1.82) is 0 Å². The van der Waals surface area contributed by atoms with Crippen LogP contribution in [0.3, 0.4) is 0 Å². The molecule has 19 heavy (non-hydrogen) atoms. The number of hydrogen-bond donors (Lipinski definition) is 1. The summed E-state index contributed by atoms with van der Waals surface area (Å²) in [5.41, 5.74) is 6.81. The van der Waals surface area contributed by atoms with Crippen molar-refractivity contribution in [3.05, 3.63) is 29.8 Å². The fraction of sp³-hybridized carbons (Fsp3) is 0.533. The molecular weight excluding hydrogens is 258 g/mol. The Morgan fingerprint density at radius 2 is 2.16 bits per heavy atom. The summed E-state index contributed by atoms with van der Waals surface area (Å²) in [4.78, 5) is 13.1. The zero-order chi connectivity index (χ0) is 14.1. The zero-order valence-corrected chi connectivity index (χ0v) is 12.5. The van der Waals surface area contributed by atoms with E-state index in [0.717, 1.165) is 12.2 Å². The molecule has 104 valence electrons. The van der Waals surface area contributed by atoms with E-state index in [1.165, 1.54) is 17.6 Å². The molecule has 0 aromatic heterocycles. The van der Waals surface area contributed by atoms with E-state index < -0.39 is 5.54 Å². The molecule has 0 saturated heterocycles. The van der Waals surface area contributed by atoms with Gasteiger partial charge in [0.2, 0.25) is 0 Å². The Morgan fingerprint density at radius 1 is 1.47 bits per heavy atom. The van der Waals surface area contributed by atoms with Crippen molar-refractivity contribution in [3.8, 4) is 0 Å². The summed E-state index contributed by atoms with van der Waals surface area (Å²) in [5.74, 6) is 0.787. The van der Waals surface area contributed by atoms with Crippen molar-refractivity contribution in [2.24, 2.45) is 5.73 Å². The Hall–Kier alpha value is -1.00. The van der Waals surface area contributed by atoms with Crippen LogP contribution in [0.1, 0.15) is 32.3 Å². The first-order chi connectivity index (χ1) is 8.90. The minimum atomic E-state index is -0.474. The second kappa shape index (κ2) is 5.17. The van der Waals surface area contributed by atoms with Crippen molar-refractivity contribution < 1.29 is 9.53 Å². The molecule has 0 spiro atoms. The van der Waals surface area contributed by atoms with Crippen LogP contribution in [-0.2, 0) is 14.9 Å². The number of carbonyl (C=O) groups is 1. The van der Waals surface area contributed by atoms with Crippen LogP contribution in [0.5, 0.6) is 0 Å². The highest BCUT2D eigenvalue weighted by molar-refractivity contribution is 7.99. The lowest BCUT2D eigenvalue weighted by Crippen LogP contribution is -2.56. The number of fused-ring (bicyclic) bond motifs is 1. The van der Waals surface area contributed by atoms with Gasteiger partial charge in [0, 0.05) is 15.8 Å². The lowest BCUT2D eigenvalue weighted by atomic mass is 9.63. The molecule has 0 amide bonds. The number of carbonyl (C=O) groups excluding carboxylic acids is 1. The summed E-state index contributed by atoms with van der Waals surface area (Å²) in [6.45, 7) is 4.01. The van der Waals surface area contributed by atoms with Gasteiger partial charge in [-0.1, -0.05) is 18.2 Å². The van der Waals surface area contributed by atoms with Crippen molar-refractivity contribution in [2.75, 3.05) is 12.9 Å². The van der Waals surface area contributed by atoms with E-state index >= 15 is 0 Å². The molecule has 3 nitrogen and oxygen atoms in total. The SMILES string of the molecule is COC(=O)CC1(C(C)(C)N)CCSc2ccccc21. The lowest BCUT2D eigenvalue weighted by molar-refractivity contribution is -0.143. The molecule has 0 bridgehead atoms. The highest BCUT2D eigenvalue weighted by Gasteiger charge is 2.48. The lowest BCUT2D eigenvalue weighted by Gasteiger charge is -2.47. The Kier molecular flexibility index (Phi) is 3.92. The van der Waals surface area contributed by atoms with Crippen LogP contribution in [0.15, 0.2) is 29.2 Å². The van der Waals surface area contributed by atoms with E-state index in [4.69, 9.17) is 10.5 Å². The largest absolute Gasteiger partial charge is 0.469 e. The van der Waals surface area contributed by atoms with Gasteiger partial charge in [-0.2, -0.15) is 0 Å². The maximum absolute atomic E-state index is 11.9. The fourth-order valence-electron chi connectivity index (χ4n) is 2.86. The number of methoxy groups -OCH3 is 1. The third-order valence-corrected chi connectivity index (χ3v) is 5.17. The average Bonchev–Trinajstić information content (AvgIpc) is 2.37. The summed E-state index contributed by atoms with van der Waals surface area (Å²) in [5, 5.41) is 0. The van der Waals surface area contributed by atoms with E-state index in [0.29, 0.717) is 6.42 Å². The van der Waals surface area contributed by atoms with Crippen molar-refractivity contribution in [2.45, 2.75) is 42.5 Å². The third-order valence-electron chi connectivity index (χ3n) is 4.10. The van der Waals surface area contributed by atoms with Gasteiger partial charge < -0.3 is 10.5 Å². The molecule has 0 aliphatic carbocycles. The maximum atomic E-state index is 11.9. The molecule has 1 heterocycles. The van der Waals surface area contributed by atoms with Gasteiger partial charge in [0.15, 0.2) is 0 Å². The number of nitrogens with two attached hydrogens (primary N) is 1. The second-order valence-electron chi connectivity index (χ2n) is 5.65. The van der Waals surface area contributed by atoms with Gasteiger partial charge >= 0.3 is 5.97 Å². The highest BCUT2D eigenvalue weighted by atomic mass is 32.2. The molecule has 0 radical (unpaired) electrons. The van der Waals surface area contributed by atoms with Crippen LogP contribution < -0.4 is 5.73 Å². The molecular formula is C15H21NO2S. The number of hydrogen-bond acceptors (Lipinski definition) is 4. The molecule has 1 aliphatic heterocycles. The summed E-state index contributed by atoms with van der Waals surface area (Å²) >= 11 is 1.83. The molecule has 0 fully saturated rings. The monoisotopic (exact) mass is 279 g/mol. The molecule has 1 atom stereocenters. The normalized spacial score (nSPS) is 22.7. The van der Waals surface area contributed by atoms with E-state index in [1.54, 1.807) is 0 Å². The summed E-state index contributed by atoms with van der Waals surface area (Å²) in [6.07, 6.45) is 1.23. The van der Waals surface area contributed by atoms with Crippen molar-refractivity contribution in [3.63, 3.8) is 0 Å². The van der Waals surface area contributed by atoms with Gasteiger partial charge in [-0.3, -0.25) is 4.79 Å². The van der Waals surface area contributed by atoms with Crippen LogP contribution in [0.25, 0.3) is 0 Å². The van der Waals surface area contributed by atoms with Crippen molar-refractivity contribution in [1.82, 2.24) is 0 Å². The minimum absolute atomic E-state index is 0.194. The van der Waals surface area contributed by atoms with Crippen LogP contribution >= 0.6 is 11.8 Å². The predicted molar refractivity (Wildman–Crippen MR) is 78.4 cm³/mol. The molecule has 1 aliphatic rings. The number of esters is 1. The standard InChI is InChI=1S/C15H21NO2S/c1-14(2,16)15(10-13(17)18-3)8-9-19-12-7-5-4-6-11(12)15/h4-7H,8-10,16H2,1-3H3. The Bertz CT molecular complexity index is 481. The van der Waals surface area contributed by atoms with Crippen LogP contribution in [0.4, 0.5) is 0 Å². The van der Waals surface area contributed by atoms with Gasteiger partial charge in [0.25, 0.3) is 0 Å². The molecule has 1 aromatic rings. The summed E-state index contributed by atoms with van der Waals surface area (Å²) in [6, 6.07) is 8.25. The first-order valence-corrected chi connectivity index (χ1v) is 7.47. The number of rotatable bonds is 3. The Labute approximate surface area is 118 Å². The molecule has 4 heteroatoms. The first kappa shape index (κ1) is 14.4. The fourth-order valence-corrected chi connectivity index (χ4v) is 4.12. The number of thioether (sulfide) groups is 1. The average molecular weight is 279 g/mol. The van der Waals surface area contributed by atoms with Gasteiger partial charge in [-0.15, -0.1) is 11.8 Å². The van der Waals surface area contributed by atoms with Gasteiger partial charge in [-0.05, 0) is 37.7 Å². The molecule has 2 N–H and O–H groups in total. The van der Waals surface area contributed by atoms with Gasteiger partial charge in [0.1, 0.15) is 0 Å². The van der Waals surface area contributed by atoms with Crippen LogP contribution in [-0.4, -0.2) is 24.4 Å². The van der Waals surface area contributed by atoms with E-state index in [1.807, 2.05) is 37.7 Å². The molecule has 0 saturated carbocycles. The van der Waals surface area contributed by atoms with Gasteiger partial charge in [0.05, 0.1) is 13.5 Å². The van der Waals surface area contributed by atoms with E-state index in [-0.39, 0.29) is 11.4 Å². The minimum Gasteiger partial charge on any atom is -0.469 e. The summed E-state index contributed by atoms with van der Waals surface area (Å²) in [7, 11) is 1.43. The smallest absolute Gasteiger partial charge is 0.306 e. The van der Waals surface area contributed by atoms with E-state index in [9.17, 15) is 4.79 Å². The highest BCUT2D eigenvalue weighted by Crippen LogP contribution is 2.49. The molecule has 1 aromatic carbocycles.